The molecule has 3 N–H and O–H groups in total. The summed E-state index contributed by atoms with van der Waals surface area (Å²) in [7, 11) is 0. The van der Waals surface area contributed by atoms with Gasteiger partial charge in [0.05, 0.1) is 6.10 Å². The number of amides is 2. The molecule has 2 aromatic rings. The van der Waals surface area contributed by atoms with E-state index in [1.165, 1.54) is 6.92 Å². The number of hydrogen-bond donors (Lipinski definition) is 3. The number of hydrogen-bond acceptors (Lipinski definition) is 3. The van der Waals surface area contributed by atoms with Crippen molar-refractivity contribution in [1.82, 2.24) is 5.32 Å². The van der Waals surface area contributed by atoms with Crippen molar-refractivity contribution < 1.29 is 14.7 Å². The van der Waals surface area contributed by atoms with Gasteiger partial charge in [0.2, 0.25) is 5.91 Å². The third kappa shape index (κ3) is 5.21. The molecule has 5 nitrogen and oxygen atoms in total. The van der Waals surface area contributed by atoms with Crippen LogP contribution >= 0.6 is 0 Å². The predicted molar refractivity (Wildman–Crippen MR) is 93.7 cm³/mol. The minimum Gasteiger partial charge on any atom is -0.388 e. The van der Waals surface area contributed by atoms with Gasteiger partial charge in [0.25, 0.3) is 5.91 Å². The van der Waals surface area contributed by atoms with Crippen LogP contribution in [0.1, 0.15) is 42.3 Å². The summed E-state index contributed by atoms with van der Waals surface area (Å²) >= 11 is 0. The van der Waals surface area contributed by atoms with Crippen molar-refractivity contribution in [2.75, 3.05) is 5.32 Å². The van der Waals surface area contributed by atoms with Gasteiger partial charge in [-0.3, -0.25) is 9.59 Å². The van der Waals surface area contributed by atoms with Crippen molar-refractivity contribution in [1.29, 1.82) is 0 Å². The molecule has 0 bridgehead atoms. The quantitative estimate of drug-likeness (QED) is 0.764. The largest absolute Gasteiger partial charge is 0.388 e. The first-order valence-corrected chi connectivity index (χ1v) is 7.87. The Bertz CT molecular complexity index is 684. The van der Waals surface area contributed by atoms with E-state index in [1.54, 1.807) is 24.3 Å². The Morgan fingerprint density at radius 3 is 2.25 bits per heavy atom. The summed E-state index contributed by atoms with van der Waals surface area (Å²) in [6.07, 6.45) is -0.191. The van der Waals surface area contributed by atoms with Crippen LogP contribution in [-0.4, -0.2) is 23.0 Å². The molecule has 2 unspecified atom stereocenters. The SMILES string of the molecule is CC(=O)Nc1ccc(C(=O)NC(C)CC(O)c2ccccc2)cc1. The van der Waals surface area contributed by atoms with Crippen LogP contribution in [0.3, 0.4) is 0 Å². The Hall–Kier alpha value is -2.66. The molecule has 24 heavy (non-hydrogen) atoms. The van der Waals surface area contributed by atoms with Gasteiger partial charge in [0.1, 0.15) is 0 Å². The molecule has 0 saturated heterocycles. The molecule has 2 aromatic carbocycles. The van der Waals surface area contributed by atoms with Crippen LogP contribution in [0.2, 0.25) is 0 Å². The molecule has 0 fully saturated rings. The summed E-state index contributed by atoms with van der Waals surface area (Å²) in [4.78, 5) is 23.2. The van der Waals surface area contributed by atoms with Gasteiger partial charge in [-0.25, -0.2) is 0 Å². The predicted octanol–water partition coefficient (Wildman–Crippen LogP) is 2.89. The molecule has 2 amide bonds. The van der Waals surface area contributed by atoms with E-state index < -0.39 is 6.10 Å². The van der Waals surface area contributed by atoms with E-state index in [0.29, 0.717) is 17.7 Å². The molecule has 126 valence electrons. The maximum absolute atomic E-state index is 12.2. The molecule has 2 rings (SSSR count). The average Bonchev–Trinajstić information content (AvgIpc) is 2.55. The minimum absolute atomic E-state index is 0.157. The third-order valence-corrected chi connectivity index (χ3v) is 3.61. The zero-order valence-electron chi connectivity index (χ0n) is 13.8. The second-order valence-electron chi connectivity index (χ2n) is 5.80. The average molecular weight is 326 g/mol. The number of carbonyl (C=O) groups is 2. The number of aliphatic hydroxyl groups is 1. The Labute approximate surface area is 141 Å². The highest BCUT2D eigenvalue weighted by molar-refractivity contribution is 5.95. The van der Waals surface area contributed by atoms with Crippen LogP contribution in [0, 0.1) is 0 Å². The van der Waals surface area contributed by atoms with Gasteiger partial charge >= 0.3 is 0 Å². The second kappa shape index (κ2) is 8.26. The Morgan fingerprint density at radius 2 is 1.67 bits per heavy atom. The van der Waals surface area contributed by atoms with Gasteiger partial charge < -0.3 is 15.7 Å². The first-order valence-electron chi connectivity index (χ1n) is 7.87. The number of rotatable bonds is 6. The summed E-state index contributed by atoms with van der Waals surface area (Å²) in [5.74, 6) is -0.368. The summed E-state index contributed by atoms with van der Waals surface area (Å²) in [6, 6.07) is 15.9. The Morgan fingerprint density at radius 1 is 1.04 bits per heavy atom. The molecular formula is C19H22N2O3. The van der Waals surface area contributed by atoms with Crippen molar-refractivity contribution in [3.8, 4) is 0 Å². The maximum atomic E-state index is 12.2. The van der Waals surface area contributed by atoms with E-state index in [2.05, 4.69) is 10.6 Å². The van der Waals surface area contributed by atoms with Crippen molar-refractivity contribution >= 4 is 17.5 Å². The Kier molecular flexibility index (Phi) is 6.09. The second-order valence-corrected chi connectivity index (χ2v) is 5.80. The summed E-state index contributed by atoms with van der Waals surface area (Å²) in [5, 5.41) is 15.7. The highest BCUT2D eigenvalue weighted by Crippen LogP contribution is 2.18. The lowest BCUT2D eigenvalue weighted by atomic mass is 10.0. The molecule has 0 aliphatic carbocycles. The van der Waals surface area contributed by atoms with Crippen LogP contribution in [-0.2, 0) is 4.79 Å². The molecule has 0 aromatic heterocycles. The van der Waals surface area contributed by atoms with Gasteiger partial charge in [-0.15, -0.1) is 0 Å². The maximum Gasteiger partial charge on any atom is 0.251 e. The molecule has 0 aliphatic rings. The zero-order chi connectivity index (χ0) is 17.5. The van der Waals surface area contributed by atoms with E-state index in [1.807, 2.05) is 37.3 Å². The number of benzene rings is 2. The molecule has 0 heterocycles. The van der Waals surface area contributed by atoms with Crippen LogP contribution in [0.25, 0.3) is 0 Å². The van der Waals surface area contributed by atoms with E-state index in [4.69, 9.17) is 0 Å². The molecule has 0 aliphatic heterocycles. The van der Waals surface area contributed by atoms with Crippen LogP contribution in [0.15, 0.2) is 54.6 Å². The van der Waals surface area contributed by atoms with Gasteiger partial charge in [-0.1, -0.05) is 30.3 Å². The smallest absolute Gasteiger partial charge is 0.251 e. The van der Waals surface area contributed by atoms with E-state index in [-0.39, 0.29) is 17.9 Å². The molecule has 2 atom stereocenters. The number of anilines is 1. The number of carbonyl (C=O) groups excluding carboxylic acids is 2. The number of aliphatic hydroxyl groups excluding tert-OH is 1. The Balaban J connectivity index is 1.90. The fourth-order valence-corrected chi connectivity index (χ4v) is 2.42. The van der Waals surface area contributed by atoms with Gasteiger partial charge in [0, 0.05) is 24.2 Å². The summed E-state index contributed by atoms with van der Waals surface area (Å²) < 4.78 is 0. The fraction of sp³-hybridized carbons (Fsp3) is 0.263. The monoisotopic (exact) mass is 326 g/mol. The van der Waals surface area contributed by atoms with Crippen LogP contribution < -0.4 is 10.6 Å². The molecule has 0 saturated carbocycles. The van der Waals surface area contributed by atoms with E-state index >= 15 is 0 Å². The lowest BCUT2D eigenvalue weighted by Crippen LogP contribution is -2.33. The number of nitrogens with one attached hydrogen (secondary N) is 2. The zero-order valence-corrected chi connectivity index (χ0v) is 13.8. The van der Waals surface area contributed by atoms with Crippen LogP contribution in [0.4, 0.5) is 5.69 Å². The highest BCUT2D eigenvalue weighted by Gasteiger charge is 2.15. The third-order valence-electron chi connectivity index (χ3n) is 3.61. The molecule has 0 spiro atoms. The lowest BCUT2D eigenvalue weighted by Gasteiger charge is -2.18. The van der Waals surface area contributed by atoms with Gasteiger partial charge in [0.15, 0.2) is 0 Å². The van der Waals surface area contributed by atoms with Gasteiger partial charge in [-0.05, 0) is 43.2 Å². The first kappa shape index (κ1) is 17.7. The lowest BCUT2D eigenvalue weighted by molar-refractivity contribution is -0.114. The van der Waals surface area contributed by atoms with Gasteiger partial charge in [-0.2, -0.15) is 0 Å². The molecular weight excluding hydrogens is 304 g/mol. The van der Waals surface area contributed by atoms with E-state index in [9.17, 15) is 14.7 Å². The summed E-state index contributed by atoms with van der Waals surface area (Å²) in [5.41, 5.74) is 1.98. The van der Waals surface area contributed by atoms with Crippen molar-refractivity contribution in [3.63, 3.8) is 0 Å². The van der Waals surface area contributed by atoms with Crippen LogP contribution in [0.5, 0.6) is 0 Å². The first-order chi connectivity index (χ1) is 11.5. The normalized spacial score (nSPS) is 13.0. The highest BCUT2D eigenvalue weighted by atomic mass is 16.3. The van der Waals surface area contributed by atoms with Crippen molar-refractivity contribution in [2.24, 2.45) is 0 Å². The van der Waals surface area contributed by atoms with E-state index in [0.717, 1.165) is 5.56 Å². The minimum atomic E-state index is -0.622. The standard InChI is InChI=1S/C19H22N2O3/c1-13(12-18(23)15-6-4-3-5-7-15)20-19(24)16-8-10-17(11-9-16)21-14(2)22/h3-11,13,18,23H,12H2,1-2H3,(H,20,24)(H,21,22). The van der Waals surface area contributed by atoms with Crippen molar-refractivity contribution in [2.45, 2.75) is 32.4 Å². The topological polar surface area (TPSA) is 78.4 Å². The molecule has 5 heteroatoms. The van der Waals surface area contributed by atoms with Crippen molar-refractivity contribution in [3.05, 3.63) is 65.7 Å². The fourth-order valence-electron chi connectivity index (χ4n) is 2.42. The summed E-state index contributed by atoms with van der Waals surface area (Å²) in [6.45, 7) is 3.29. The molecule has 0 radical (unpaired) electrons.